The smallest absolute Gasteiger partial charge is 0.205 e. The van der Waals surface area contributed by atoms with Gasteiger partial charge in [-0.15, -0.1) is 11.3 Å². The van der Waals surface area contributed by atoms with Crippen LogP contribution in [-0.2, 0) is 12.8 Å². The van der Waals surface area contributed by atoms with Crippen molar-refractivity contribution in [2.75, 3.05) is 0 Å². The molecule has 0 fully saturated rings. The predicted molar refractivity (Wildman–Crippen MR) is 73.9 cm³/mol. The Morgan fingerprint density at radius 1 is 1.33 bits per heavy atom. The first-order valence-corrected chi connectivity index (χ1v) is 7.38. The first-order chi connectivity index (χ1) is 8.66. The molecule has 0 atom stereocenters. The van der Waals surface area contributed by atoms with E-state index in [1.807, 2.05) is 6.07 Å². The highest BCUT2D eigenvalue weighted by atomic mass is 79.9. The molecule has 1 aliphatic carbocycles. The fourth-order valence-corrected chi connectivity index (χ4v) is 3.83. The average Bonchev–Trinajstić information content (AvgIpc) is 2.92. The van der Waals surface area contributed by atoms with Gasteiger partial charge in [0.1, 0.15) is 5.82 Å². The molecule has 1 aliphatic rings. The fourth-order valence-electron chi connectivity index (χ4n) is 2.25. The minimum absolute atomic E-state index is 0.143. The normalized spacial score (nSPS) is 13.7. The van der Waals surface area contributed by atoms with Crippen molar-refractivity contribution < 1.29 is 9.18 Å². The van der Waals surface area contributed by atoms with E-state index in [-0.39, 0.29) is 11.3 Å². The number of aryl methyl sites for hydroxylation is 2. The molecule has 0 amide bonds. The maximum atomic E-state index is 13.9. The van der Waals surface area contributed by atoms with Crippen molar-refractivity contribution in [3.63, 3.8) is 0 Å². The molecule has 0 bridgehead atoms. The second-order valence-electron chi connectivity index (χ2n) is 4.34. The average molecular weight is 325 g/mol. The van der Waals surface area contributed by atoms with Crippen molar-refractivity contribution in [2.45, 2.75) is 19.3 Å². The highest BCUT2D eigenvalue weighted by molar-refractivity contribution is 9.10. The van der Waals surface area contributed by atoms with Crippen molar-refractivity contribution in [2.24, 2.45) is 0 Å². The number of hydrogen-bond donors (Lipinski definition) is 0. The van der Waals surface area contributed by atoms with Crippen molar-refractivity contribution in [1.82, 2.24) is 0 Å². The van der Waals surface area contributed by atoms with Gasteiger partial charge in [-0.2, -0.15) is 0 Å². The molecule has 1 aromatic carbocycles. The SMILES string of the molecule is O=C(c1cc2c(s1)CCC2)c1cccc(Br)c1F. The number of thiophene rings is 1. The summed E-state index contributed by atoms with van der Waals surface area (Å²) in [5.41, 5.74) is 1.41. The molecule has 0 aliphatic heterocycles. The van der Waals surface area contributed by atoms with E-state index in [0.717, 1.165) is 12.8 Å². The van der Waals surface area contributed by atoms with Gasteiger partial charge in [0, 0.05) is 4.88 Å². The van der Waals surface area contributed by atoms with Gasteiger partial charge in [-0.25, -0.2) is 4.39 Å². The maximum Gasteiger partial charge on any atom is 0.205 e. The van der Waals surface area contributed by atoms with Crippen LogP contribution in [0.4, 0.5) is 4.39 Å². The lowest BCUT2D eigenvalue weighted by molar-refractivity contribution is 0.103. The number of carbonyl (C=O) groups excluding carboxylic acids is 1. The minimum Gasteiger partial charge on any atom is -0.288 e. The van der Waals surface area contributed by atoms with E-state index in [2.05, 4.69) is 15.9 Å². The summed E-state index contributed by atoms with van der Waals surface area (Å²) in [7, 11) is 0. The van der Waals surface area contributed by atoms with Crippen LogP contribution in [0.25, 0.3) is 0 Å². The second-order valence-corrected chi connectivity index (χ2v) is 6.33. The molecule has 0 radical (unpaired) electrons. The van der Waals surface area contributed by atoms with Gasteiger partial charge < -0.3 is 0 Å². The number of rotatable bonds is 2. The van der Waals surface area contributed by atoms with E-state index in [9.17, 15) is 9.18 Å². The van der Waals surface area contributed by atoms with Crippen LogP contribution in [0, 0.1) is 5.82 Å². The largest absolute Gasteiger partial charge is 0.288 e. The van der Waals surface area contributed by atoms with Crippen molar-refractivity contribution in [3.05, 3.63) is 55.4 Å². The molecule has 18 heavy (non-hydrogen) atoms. The fraction of sp³-hybridized carbons (Fsp3) is 0.214. The molecule has 0 N–H and O–H groups in total. The number of carbonyl (C=O) groups is 1. The molecular weight excluding hydrogens is 315 g/mol. The Balaban J connectivity index is 2.01. The van der Waals surface area contributed by atoms with Gasteiger partial charge in [-0.05, 0) is 59.0 Å². The first kappa shape index (κ1) is 12.1. The third-order valence-electron chi connectivity index (χ3n) is 3.17. The van der Waals surface area contributed by atoms with E-state index in [1.165, 1.54) is 34.3 Å². The lowest BCUT2D eigenvalue weighted by Gasteiger charge is -2.02. The summed E-state index contributed by atoms with van der Waals surface area (Å²) in [5.74, 6) is -0.691. The highest BCUT2D eigenvalue weighted by Gasteiger charge is 2.21. The zero-order valence-corrected chi connectivity index (χ0v) is 11.9. The Hall–Kier alpha value is -1.000. The van der Waals surface area contributed by atoms with E-state index in [4.69, 9.17) is 0 Å². The summed E-state index contributed by atoms with van der Waals surface area (Å²) in [4.78, 5) is 14.2. The molecule has 1 aromatic heterocycles. The highest BCUT2D eigenvalue weighted by Crippen LogP contribution is 2.32. The zero-order chi connectivity index (χ0) is 12.7. The molecule has 92 valence electrons. The standard InChI is InChI=1S/C14H10BrFOS/c15-10-5-2-4-9(13(10)16)14(17)12-7-8-3-1-6-11(8)18-12/h2,4-5,7H,1,3,6H2. The molecule has 0 spiro atoms. The van der Waals surface area contributed by atoms with Gasteiger partial charge >= 0.3 is 0 Å². The van der Waals surface area contributed by atoms with Crippen molar-refractivity contribution in [3.8, 4) is 0 Å². The summed E-state index contributed by atoms with van der Waals surface area (Å²) in [5, 5.41) is 0. The number of halogens is 2. The number of ketones is 1. The van der Waals surface area contributed by atoms with E-state index in [1.54, 1.807) is 12.1 Å². The monoisotopic (exact) mass is 324 g/mol. The van der Waals surface area contributed by atoms with Crippen molar-refractivity contribution >= 4 is 33.0 Å². The zero-order valence-electron chi connectivity index (χ0n) is 9.50. The van der Waals surface area contributed by atoms with Crippen LogP contribution in [0.3, 0.4) is 0 Å². The number of benzene rings is 1. The summed E-state index contributed by atoms with van der Waals surface area (Å²) < 4.78 is 14.2. The summed E-state index contributed by atoms with van der Waals surface area (Å²) in [6.07, 6.45) is 3.26. The van der Waals surface area contributed by atoms with Crippen LogP contribution in [-0.4, -0.2) is 5.78 Å². The van der Waals surface area contributed by atoms with Gasteiger partial charge in [0.15, 0.2) is 0 Å². The van der Waals surface area contributed by atoms with Gasteiger partial charge in [-0.1, -0.05) is 6.07 Å². The molecule has 1 nitrogen and oxygen atoms in total. The Bertz CT molecular complexity index is 611. The van der Waals surface area contributed by atoms with Gasteiger partial charge in [-0.3, -0.25) is 4.79 Å². The van der Waals surface area contributed by atoms with Gasteiger partial charge in [0.05, 0.1) is 14.9 Å². The van der Waals surface area contributed by atoms with Crippen LogP contribution in [0.5, 0.6) is 0 Å². The minimum atomic E-state index is -0.476. The van der Waals surface area contributed by atoms with Gasteiger partial charge in [0.25, 0.3) is 0 Å². The summed E-state index contributed by atoms with van der Waals surface area (Å²) >= 11 is 4.62. The van der Waals surface area contributed by atoms with E-state index >= 15 is 0 Å². The molecule has 3 rings (SSSR count). The quantitative estimate of drug-likeness (QED) is 0.750. The van der Waals surface area contributed by atoms with Crippen LogP contribution in [0.15, 0.2) is 28.7 Å². The Morgan fingerprint density at radius 2 is 2.17 bits per heavy atom. The third-order valence-corrected chi connectivity index (χ3v) is 5.01. The van der Waals surface area contributed by atoms with Gasteiger partial charge in [0.2, 0.25) is 5.78 Å². The van der Waals surface area contributed by atoms with Crippen LogP contribution in [0.1, 0.15) is 32.1 Å². The Kier molecular flexibility index (Phi) is 3.08. The van der Waals surface area contributed by atoms with Crippen LogP contribution < -0.4 is 0 Å². The molecule has 0 saturated carbocycles. The second kappa shape index (κ2) is 4.59. The summed E-state index contributed by atoms with van der Waals surface area (Å²) in [6, 6.07) is 6.74. The Morgan fingerprint density at radius 3 is 2.94 bits per heavy atom. The molecule has 0 saturated heterocycles. The van der Waals surface area contributed by atoms with Crippen molar-refractivity contribution in [1.29, 1.82) is 0 Å². The van der Waals surface area contributed by atoms with Crippen LogP contribution >= 0.6 is 27.3 Å². The topological polar surface area (TPSA) is 17.1 Å². The molecule has 4 heteroatoms. The first-order valence-electron chi connectivity index (χ1n) is 5.77. The van der Waals surface area contributed by atoms with E-state index < -0.39 is 5.82 Å². The lowest BCUT2D eigenvalue weighted by Crippen LogP contribution is -2.02. The maximum absolute atomic E-state index is 13.9. The molecule has 1 heterocycles. The summed E-state index contributed by atoms with van der Waals surface area (Å²) in [6.45, 7) is 0. The van der Waals surface area contributed by atoms with E-state index in [0.29, 0.717) is 9.35 Å². The van der Waals surface area contributed by atoms with Crippen LogP contribution in [0.2, 0.25) is 0 Å². The lowest BCUT2D eigenvalue weighted by atomic mass is 10.1. The molecule has 2 aromatic rings. The number of hydrogen-bond acceptors (Lipinski definition) is 2. The third kappa shape index (κ3) is 1.93. The molecular formula is C14H10BrFOS. The predicted octanol–water partition coefficient (Wildman–Crippen LogP) is 4.37. The number of fused-ring (bicyclic) bond motifs is 1. The Labute approximate surface area is 117 Å². The molecule has 0 unspecified atom stereocenters.